The maximum atomic E-state index is 12.0. The molecule has 1 amide bonds. The van der Waals surface area contributed by atoms with Gasteiger partial charge in [-0.2, -0.15) is 0 Å². The van der Waals surface area contributed by atoms with Crippen molar-refractivity contribution < 1.29 is 4.79 Å². The van der Waals surface area contributed by atoms with Crippen LogP contribution in [-0.4, -0.2) is 37.0 Å². The SMILES string of the molecule is O=C(C1CCCC1)N1CCC[N]CC1. The number of hydrogen-bond donors (Lipinski definition) is 0. The van der Waals surface area contributed by atoms with E-state index >= 15 is 0 Å². The van der Waals surface area contributed by atoms with Gasteiger partial charge in [0.1, 0.15) is 0 Å². The van der Waals surface area contributed by atoms with Crippen molar-refractivity contribution in [3.63, 3.8) is 0 Å². The molecule has 79 valence electrons. The zero-order chi connectivity index (χ0) is 9.80. The minimum Gasteiger partial charge on any atom is -0.341 e. The zero-order valence-electron chi connectivity index (χ0n) is 8.74. The Kier molecular flexibility index (Phi) is 3.40. The van der Waals surface area contributed by atoms with Crippen LogP contribution in [0.15, 0.2) is 0 Å². The van der Waals surface area contributed by atoms with E-state index < -0.39 is 0 Å². The second-order valence-corrected chi connectivity index (χ2v) is 4.33. The molecule has 2 aliphatic rings. The van der Waals surface area contributed by atoms with Gasteiger partial charge in [0, 0.05) is 32.1 Å². The van der Waals surface area contributed by atoms with Crippen LogP contribution in [0, 0.1) is 5.92 Å². The molecule has 0 atom stereocenters. The lowest BCUT2D eigenvalue weighted by Crippen LogP contribution is -2.37. The highest BCUT2D eigenvalue weighted by atomic mass is 16.2. The largest absolute Gasteiger partial charge is 0.341 e. The number of nitrogens with zero attached hydrogens (tertiary/aromatic N) is 2. The van der Waals surface area contributed by atoms with Crippen molar-refractivity contribution in [3.8, 4) is 0 Å². The summed E-state index contributed by atoms with van der Waals surface area (Å²) in [5, 5.41) is 4.34. The molecule has 1 saturated carbocycles. The average Bonchev–Trinajstić information content (AvgIpc) is 2.59. The predicted molar refractivity (Wildman–Crippen MR) is 55.0 cm³/mol. The molecule has 1 saturated heterocycles. The Morgan fingerprint density at radius 3 is 2.64 bits per heavy atom. The summed E-state index contributed by atoms with van der Waals surface area (Å²) in [6.07, 6.45) is 5.78. The summed E-state index contributed by atoms with van der Waals surface area (Å²) < 4.78 is 0. The van der Waals surface area contributed by atoms with Crippen LogP contribution in [0.3, 0.4) is 0 Å². The molecule has 0 spiro atoms. The molecule has 1 heterocycles. The van der Waals surface area contributed by atoms with Crippen molar-refractivity contribution in [2.45, 2.75) is 32.1 Å². The summed E-state index contributed by atoms with van der Waals surface area (Å²) >= 11 is 0. The second kappa shape index (κ2) is 4.78. The van der Waals surface area contributed by atoms with Crippen LogP contribution in [0.4, 0.5) is 0 Å². The van der Waals surface area contributed by atoms with Crippen molar-refractivity contribution >= 4 is 5.91 Å². The van der Waals surface area contributed by atoms with Gasteiger partial charge >= 0.3 is 0 Å². The van der Waals surface area contributed by atoms with Crippen LogP contribution >= 0.6 is 0 Å². The van der Waals surface area contributed by atoms with E-state index in [1.807, 2.05) is 4.90 Å². The number of amides is 1. The summed E-state index contributed by atoms with van der Waals surface area (Å²) in [6.45, 7) is 3.57. The summed E-state index contributed by atoms with van der Waals surface area (Å²) in [6, 6.07) is 0. The van der Waals surface area contributed by atoms with Crippen molar-refractivity contribution in [2.24, 2.45) is 5.92 Å². The topological polar surface area (TPSA) is 34.4 Å². The third-order valence-corrected chi connectivity index (χ3v) is 3.29. The molecule has 0 unspecified atom stereocenters. The maximum Gasteiger partial charge on any atom is 0.225 e. The van der Waals surface area contributed by atoms with Gasteiger partial charge in [-0.05, 0) is 19.3 Å². The summed E-state index contributed by atoms with van der Waals surface area (Å²) in [4.78, 5) is 14.1. The quantitative estimate of drug-likeness (QED) is 0.615. The Hall–Kier alpha value is -0.570. The van der Waals surface area contributed by atoms with Gasteiger partial charge in [0.25, 0.3) is 0 Å². The lowest BCUT2D eigenvalue weighted by Gasteiger charge is -2.23. The highest BCUT2D eigenvalue weighted by Crippen LogP contribution is 2.26. The van der Waals surface area contributed by atoms with Crippen molar-refractivity contribution in [1.82, 2.24) is 10.2 Å². The van der Waals surface area contributed by atoms with Gasteiger partial charge in [0.05, 0.1) is 0 Å². The van der Waals surface area contributed by atoms with Gasteiger partial charge in [-0.1, -0.05) is 12.8 Å². The molecule has 2 rings (SSSR count). The van der Waals surface area contributed by atoms with E-state index in [0.717, 1.165) is 45.4 Å². The highest BCUT2D eigenvalue weighted by molar-refractivity contribution is 5.79. The second-order valence-electron chi connectivity index (χ2n) is 4.33. The molecule has 1 radical (unpaired) electrons. The molecule has 0 bridgehead atoms. The molecular weight excluding hydrogens is 176 g/mol. The fourth-order valence-corrected chi connectivity index (χ4v) is 2.44. The molecule has 0 aromatic heterocycles. The molecule has 1 aliphatic heterocycles. The first kappa shape index (κ1) is 9.97. The number of carbonyl (C=O) groups is 1. The van der Waals surface area contributed by atoms with Crippen molar-refractivity contribution in [1.29, 1.82) is 0 Å². The van der Waals surface area contributed by atoms with E-state index in [2.05, 4.69) is 5.32 Å². The fourth-order valence-electron chi connectivity index (χ4n) is 2.44. The van der Waals surface area contributed by atoms with Crippen molar-refractivity contribution in [3.05, 3.63) is 0 Å². The minimum atomic E-state index is 0.341. The average molecular weight is 195 g/mol. The van der Waals surface area contributed by atoms with Crippen LogP contribution in [0.2, 0.25) is 0 Å². The third-order valence-electron chi connectivity index (χ3n) is 3.29. The molecule has 0 N–H and O–H groups in total. The van der Waals surface area contributed by atoms with Crippen molar-refractivity contribution in [2.75, 3.05) is 26.2 Å². The predicted octanol–water partition coefficient (Wildman–Crippen LogP) is 1.01. The first-order valence-electron chi connectivity index (χ1n) is 5.80. The van der Waals surface area contributed by atoms with E-state index in [4.69, 9.17) is 0 Å². The molecule has 3 nitrogen and oxygen atoms in total. The van der Waals surface area contributed by atoms with E-state index in [-0.39, 0.29) is 0 Å². The third kappa shape index (κ3) is 2.27. The van der Waals surface area contributed by atoms with Gasteiger partial charge in [-0.3, -0.25) is 4.79 Å². The van der Waals surface area contributed by atoms with E-state index in [1.54, 1.807) is 0 Å². The van der Waals surface area contributed by atoms with Crippen LogP contribution in [0.1, 0.15) is 32.1 Å². The first-order chi connectivity index (χ1) is 6.88. The minimum absolute atomic E-state index is 0.341. The Balaban J connectivity index is 1.88. The van der Waals surface area contributed by atoms with Crippen LogP contribution in [0.25, 0.3) is 0 Å². The van der Waals surface area contributed by atoms with E-state index in [0.29, 0.717) is 11.8 Å². The Morgan fingerprint density at radius 2 is 1.86 bits per heavy atom. The highest BCUT2D eigenvalue weighted by Gasteiger charge is 2.27. The number of carbonyl (C=O) groups excluding carboxylic acids is 1. The monoisotopic (exact) mass is 195 g/mol. The van der Waals surface area contributed by atoms with Gasteiger partial charge in [0.15, 0.2) is 0 Å². The van der Waals surface area contributed by atoms with Crippen LogP contribution < -0.4 is 5.32 Å². The molecule has 3 heteroatoms. The normalized spacial score (nSPS) is 25.0. The molecular formula is C11H19N2O. The van der Waals surface area contributed by atoms with Gasteiger partial charge in [0.2, 0.25) is 5.91 Å². The Labute approximate surface area is 85.8 Å². The van der Waals surface area contributed by atoms with Gasteiger partial charge < -0.3 is 4.90 Å². The number of hydrogen-bond acceptors (Lipinski definition) is 1. The summed E-state index contributed by atoms with van der Waals surface area (Å²) in [5.74, 6) is 0.743. The molecule has 14 heavy (non-hydrogen) atoms. The fraction of sp³-hybridized carbons (Fsp3) is 0.909. The van der Waals surface area contributed by atoms with Gasteiger partial charge in [-0.25, -0.2) is 5.32 Å². The lowest BCUT2D eigenvalue weighted by atomic mass is 10.1. The Bertz CT molecular complexity index is 191. The van der Waals surface area contributed by atoms with Crippen LogP contribution in [-0.2, 0) is 4.79 Å². The Morgan fingerprint density at radius 1 is 1.07 bits per heavy atom. The first-order valence-corrected chi connectivity index (χ1v) is 5.80. The maximum absolute atomic E-state index is 12.0. The van der Waals surface area contributed by atoms with E-state index in [1.165, 1.54) is 12.8 Å². The summed E-state index contributed by atoms with van der Waals surface area (Å²) in [7, 11) is 0. The lowest BCUT2D eigenvalue weighted by molar-refractivity contribution is -0.135. The molecule has 0 aromatic rings. The number of rotatable bonds is 1. The van der Waals surface area contributed by atoms with Crippen LogP contribution in [0.5, 0.6) is 0 Å². The zero-order valence-corrected chi connectivity index (χ0v) is 8.74. The molecule has 1 aliphatic carbocycles. The molecule has 2 fully saturated rings. The van der Waals surface area contributed by atoms with E-state index in [9.17, 15) is 4.79 Å². The smallest absolute Gasteiger partial charge is 0.225 e. The molecule has 0 aromatic carbocycles. The van der Waals surface area contributed by atoms with Gasteiger partial charge in [-0.15, -0.1) is 0 Å². The summed E-state index contributed by atoms with van der Waals surface area (Å²) in [5.41, 5.74) is 0. The standard InChI is InChI=1S/C11H19N2O/c14-11(10-4-1-2-5-10)13-8-3-6-12-7-9-13/h10H,1-9H2.